The molecule has 1 saturated carbocycles. The smallest absolute Gasteiger partial charge is 0.239 e. The molecule has 1 aliphatic carbocycles. The fraction of sp³-hybridized carbons (Fsp3) is 0.917. The Labute approximate surface area is 104 Å². The van der Waals surface area contributed by atoms with Crippen molar-refractivity contribution in [3.05, 3.63) is 0 Å². The van der Waals surface area contributed by atoms with Crippen LogP contribution in [-0.4, -0.2) is 29.9 Å². The van der Waals surface area contributed by atoms with Gasteiger partial charge in [-0.15, -0.1) is 12.4 Å². The molecule has 0 radical (unpaired) electrons. The van der Waals surface area contributed by atoms with Crippen LogP contribution in [0.3, 0.4) is 0 Å². The first-order chi connectivity index (χ1) is 7.22. The molecule has 0 spiro atoms. The van der Waals surface area contributed by atoms with Gasteiger partial charge < -0.3 is 10.6 Å². The summed E-state index contributed by atoms with van der Waals surface area (Å²) in [5, 5.41) is 0. The van der Waals surface area contributed by atoms with Crippen LogP contribution in [0.4, 0.5) is 0 Å². The summed E-state index contributed by atoms with van der Waals surface area (Å²) in [5.41, 5.74) is 5.87. The molecule has 1 aliphatic heterocycles. The van der Waals surface area contributed by atoms with Crippen LogP contribution in [0.25, 0.3) is 0 Å². The lowest BCUT2D eigenvalue weighted by atomic mass is 10.0. The van der Waals surface area contributed by atoms with Crippen molar-refractivity contribution >= 4 is 18.3 Å². The van der Waals surface area contributed by atoms with Crippen molar-refractivity contribution in [3.8, 4) is 0 Å². The average Bonchev–Trinajstić information content (AvgIpc) is 2.75. The highest BCUT2D eigenvalue weighted by atomic mass is 35.5. The minimum absolute atomic E-state index is 0. The van der Waals surface area contributed by atoms with Crippen molar-refractivity contribution in [2.45, 2.75) is 45.1 Å². The third kappa shape index (κ3) is 2.69. The van der Waals surface area contributed by atoms with E-state index in [4.69, 9.17) is 5.73 Å². The third-order valence-electron chi connectivity index (χ3n) is 3.95. The Morgan fingerprint density at radius 1 is 1.38 bits per heavy atom. The summed E-state index contributed by atoms with van der Waals surface area (Å²) in [6, 6.07) is -0.256. The Morgan fingerprint density at radius 2 is 1.94 bits per heavy atom. The van der Waals surface area contributed by atoms with Gasteiger partial charge in [-0.25, -0.2) is 0 Å². The first-order valence-electron chi connectivity index (χ1n) is 6.26. The number of carbonyl (C=O) groups is 1. The lowest BCUT2D eigenvalue weighted by Crippen LogP contribution is -2.42. The lowest BCUT2D eigenvalue weighted by Gasteiger charge is -2.21. The number of amides is 1. The lowest BCUT2D eigenvalue weighted by molar-refractivity contribution is -0.132. The van der Waals surface area contributed by atoms with E-state index in [2.05, 4.69) is 6.92 Å². The van der Waals surface area contributed by atoms with Crippen molar-refractivity contribution in [1.82, 2.24) is 4.90 Å². The largest absolute Gasteiger partial charge is 0.341 e. The number of hydrogen-bond acceptors (Lipinski definition) is 2. The zero-order valence-electron chi connectivity index (χ0n) is 10.0. The van der Waals surface area contributed by atoms with E-state index in [1.807, 2.05) is 4.90 Å². The van der Waals surface area contributed by atoms with Gasteiger partial charge in [0.25, 0.3) is 0 Å². The second kappa shape index (κ2) is 5.87. The summed E-state index contributed by atoms with van der Waals surface area (Å²) < 4.78 is 0. The van der Waals surface area contributed by atoms with E-state index >= 15 is 0 Å². The molecule has 3 nitrogen and oxygen atoms in total. The topological polar surface area (TPSA) is 46.3 Å². The van der Waals surface area contributed by atoms with Crippen molar-refractivity contribution in [2.24, 2.45) is 17.6 Å². The molecule has 1 amide bonds. The summed E-state index contributed by atoms with van der Waals surface area (Å²) in [6.07, 6.45) is 5.81. The zero-order chi connectivity index (χ0) is 10.8. The van der Waals surface area contributed by atoms with E-state index in [0.29, 0.717) is 0 Å². The number of hydrogen-bond donors (Lipinski definition) is 1. The molecular weight excluding hydrogens is 224 g/mol. The molecule has 0 bridgehead atoms. The number of halogens is 1. The van der Waals surface area contributed by atoms with E-state index in [1.54, 1.807) is 0 Å². The van der Waals surface area contributed by atoms with Crippen LogP contribution in [-0.2, 0) is 4.79 Å². The van der Waals surface area contributed by atoms with Crippen LogP contribution in [0, 0.1) is 11.8 Å². The molecule has 0 aromatic carbocycles. The van der Waals surface area contributed by atoms with Crippen LogP contribution < -0.4 is 5.73 Å². The second-order valence-electron chi connectivity index (χ2n) is 5.09. The van der Waals surface area contributed by atoms with E-state index < -0.39 is 0 Å². The Morgan fingerprint density at radius 3 is 2.44 bits per heavy atom. The van der Waals surface area contributed by atoms with Gasteiger partial charge in [-0.2, -0.15) is 0 Å². The first-order valence-corrected chi connectivity index (χ1v) is 6.26. The normalized spacial score (nSPS) is 29.8. The number of nitrogens with zero attached hydrogens (tertiary/aromatic N) is 1. The number of rotatable bonds is 3. The molecule has 1 saturated heterocycles. The minimum Gasteiger partial charge on any atom is -0.341 e. The quantitative estimate of drug-likeness (QED) is 0.826. The van der Waals surface area contributed by atoms with Gasteiger partial charge in [0.1, 0.15) is 0 Å². The number of fused-ring (bicyclic) bond motifs is 1. The second-order valence-corrected chi connectivity index (χ2v) is 5.09. The molecule has 2 fully saturated rings. The van der Waals surface area contributed by atoms with E-state index in [9.17, 15) is 4.79 Å². The Bertz CT molecular complexity index is 235. The minimum atomic E-state index is -0.256. The third-order valence-corrected chi connectivity index (χ3v) is 3.95. The highest BCUT2D eigenvalue weighted by molar-refractivity contribution is 5.85. The molecule has 2 aliphatic rings. The van der Waals surface area contributed by atoms with Crippen LogP contribution >= 0.6 is 12.4 Å². The highest BCUT2D eigenvalue weighted by Crippen LogP contribution is 2.37. The van der Waals surface area contributed by atoms with E-state index in [-0.39, 0.29) is 24.4 Å². The van der Waals surface area contributed by atoms with Gasteiger partial charge in [0.05, 0.1) is 6.04 Å². The fourth-order valence-electron chi connectivity index (χ4n) is 3.08. The van der Waals surface area contributed by atoms with Crippen LogP contribution in [0.2, 0.25) is 0 Å². The highest BCUT2D eigenvalue weighted by Gasteiger charge is 2.38. The Balaban J connectivity index is 0.00000128. The van der Waals surface area contributed by atoms with Gasteiger partial charge in [0, 0.05) is 13.1 Å². The van der Waals surface area contributed by atoms with Gasteiger partial charge in [-0.1, -0.05) is 19.8 Å². The molecule has 1 heterocycles. The molecule has 0 aromatic rings. The summed E-state index contributed by atoms with van der Waals surface area (Å²) in [7, 11) is 0. The summed E-state index contributed by atoms with van der Waals surface area (Å²) in [6.45, 7) is 4.02. The molecule has 16 heavy (non-hydrogen) atoms. The van der Waals surface area contributed by atoms with Gasteiger partial charge in [0.2, 0.25) is 5.91 Å². The summed E-state index contributed by atoms with van der Waals surface area (Å²) in [4.78, 5) is 14.0. The molecular formula is C12H23ClN2O. The number of carbonyl (C=O) groups excluding carboxylic acids is 1. The molecule has 0 aromatic heterocycles. The standard InChI is InChI=1S/C12H22N2O.ClH/c1-2-4-11(13)12(15)14-7-9-5-3-6-10(9)8-14;/h9-11H,2-8,13H2,1H3;1H. The van der Waals surface area contributed by atoms with Crippen molar-refractivity contribution in [3.63, 3.8) is 0 Å². The predicted molar refractivity (Wildman–Crippen MR) is 67.5 cm³/mol. The van der Waals surface area contributed by atoms with E-state index in [0.717, 1.165) is 37.8 Å². The van der Waals surface area contributed by atoms with Gasteiger partial charge in [0.15, 0.2) is 0 Å². The first kappa shape index (κ1) is 13.8. The van der Waals surface area contributed by atoms with E-state index in [1.165, 1.54) is 19.3 Å². The summed E-state index contributed by atoms with van der Waals surface area (Å²) >= 11 is 0. The Kier molecular flexibility index (Phi) is 5.06. The Hall–Kier alpha value is -0.280. The maximum Gasteiger partial charge on any atom is 0.239 e. The number of likely N-dealkylation sites (tertiary alicyclic amines) is 1. The molecule has 4 heteroatoms. The van der Waals surface area contributed by atoms with Crippen LogP contribution in [0.1, 0.15) is 39.0 Å². The molecule has 2 rings (SSSR count). The maximum absolute atomic E-state index is 12.0. The zero-order valence-corrected chi connectivity index (χ0v) is 10.8. The maximum atomic E-state index is 12.0. The number of nitrogens with two attached hydrogens (primary N) is 1. The van der Waals surface area contributed by atoms with Gasteiger partial charge >= 0.3 is 0 Å². The molecule has 3 atom stereocenters. The van der Waals surface area contributed by atoms with Crippen LogP contribution in [0.5, 0.6) is 0 Å². The van der Waals surface area contributed by atoms with Crippen molar-refractivity contribution < 1.29 is 4.79 Å². The van der Waals surface area contributed by atoms with Crippen LogP contribution in [0.15, 0.2) is 0 Å². The fourth-order valence-corrected chi connectivity index (χ4v) is 3.08. The summed E-state index contributed by atoms with van der Waals surface area (Å²) in [5.74, 6) is 1.75. The SMILES string of the molecule is CCCC(N)C(=O)N1CC2CCCC2C1.Cl. The molecule has 3 unspecified atom stereocenters. The van der Waals surface area contributed by atoms with Gasteiger partial charge in [-0.3, -0.25) is 4.79 Å². The van der Waals surface area contributed by atoms with Gasteiger partial charge in [-0.05, 0) is 31.1 Å². The average molecular weight is 247 g/mol. The molecule has 94 valence electrons. The predicted octanol–water partition coefficient (Wildman–Crippen LogP) is 1.79. The van der Waals surface area contributed by atoms with Crippen molar-refractivity contribution in [1.29, 1.82) is 0 Å². The van der Waals surface area contributed by atoms with Crippen molar-refractivity contribution in [2.75, 3.05) is 13.1 Å². The molecule has 2 N–H and O–H groups in total. The monoisotopic (exact) mass is 246 g/mol.